The summed E-state index contributed by atoms with van der Waals surface area (Å²) in [4.78, 5) is 14.2. The van der Waals surface area contributed by atoms with Crippen LogP contribution in [-0.2, 0) is 12.8 Å². The Bertz CT molecular complexity index is 926. The summed E-state index contributed by atoms with van der Waals surface area (Å²) in [6, 6.07) is 0. The molecule has 0 bridgehead atoms. The van der Waals surface area contributed by atoms with Crippen LogP contribution in [0.25, 0.3) is 5.57 Å². The fourth-order valence-corrected chi connectivity index (χ4v) is 5.84. The third kappa shape index (κ3) is 6.26. The summed E-state index contributed by atoms with van der Waals surface area (Å²) in [5.74, 6) is -0.915. The van der Waals surface area contributed by atoms with E-state index in [1.54, 1.807) is 15.6 Å². The van der Waals surface area contributed by atoms with E-state index < -0.39 is 18.6 Å². The highest BCUT2D eigenvalue weighted by molar-refractivity contribution is 7.77. The van der Waals surface area contributed by atoms with Crippen molar-refractivity contribution in [2.24, 2.45) is 5.41 Å². The third-order valence-electron chi connectivity index (χ3n) is 5.75. The Hall–Kier alpha value is -1.51. The van der Waals surface area contributed by atoms with Gasteiger partial charge in [-0.2, -0.15) is 13.2 Å². The molecule has 0 spiro atoms. The van der Waals surface area contributed by atoms with Gasteiger partial charge in [0.2, 0.25) is 0 Å². The second-order valence-corrected chi connectivity index (χ2v) is 10.6. The lowest BCUT2D eigenvalue weighted by Gasteiger charge is -2.29. The van der Waals surface area contributed by atoms with E-state index >= 15 is 0 Å². The minimum Gasteiger partial charge on any atom is -0.478 e. The maximum absolute atomic E-state index is 12.5. The van der Waals surface area contributed by atoms with Crippen molar-refractivity contribution >= 4 is 35.7 Å². The molecule has 3 nitrogen and oxygen atoms in total. The van der Waals surface area contributed by atoms with Crippen LogP contribution in [0.3, 0.4) is 0 Å². The number of fused-ring (bicyclic) bond motifs is 1. The number of alkyl halides is 3. The molecule has 1 aromatic rings. The number of carboxylic acids is 1. The monoisotopic (exact) mass is 471 g/mol. The summed E-state index contributed by atoms with van der Waals surface area (Å²) in [5, 5.41) is 10.1. The van der Waals surface area contributed by atoms with Crippen molar-refractivity contribution < 1.29 is 23.1 Å². The molecule has 1 heterocycles. The molecule has 0 fully saturated rings. The van der Waals surface area contributed by atoms with E-state index in [1.807, 2.05) is 24.3 Å². The first-order valence-corrected chi connectivity index (χ1v) is 11.6. The van der Waals surface area contributed by atoms with Gasteiger partial charge in [0.15, 0.2) is 0 Å². The first-order valence-electron chi connectivity index (χ1n) is 10.4. The Morgan fingerprint density at radius 3 is 2.74 bits per heavy atom. The number of halogens is 3. The minimum absolute atomic E-state index is 0.0274. The van der Waals surface area contributed by atoms with Gasteiger partial charge in [0.1, 0.15) is 0 Å². The second kappa shape index (κ2) is 9.55. The molecule has 0 atom stereocenters. The van der Waals surface area contributed by atoms with Crippen LogP contribution in [0.5, 0.6) is 0 Å². The average molecular weight is 472 g/mol. The number of thiol groups is 1. The number of thiophene rings is 1. The van der Waals surface area contributed by atoms with E-state index in [0.717, 1.165) is 45.7 Å². The van der Waals surface area contributed by atoms with Crippen LogP contribution in [0.2, 0.25) is 0 Å². The van der Waals surface area contributed by atoms with Crippen LogP contribution in [0, 0.1) is 5.41 Å². The first kappa shape index (κ1) is 24.1. The molecule has 0 saturated carbocycles. The van der Waals surface area contributed by atoms with Crippen LogP contribution < -0.4 is 0 Å². The normalized spacial score (nSPS) is 18.4. The van der Waals surface area contributed by atoms with Crippen molar-refractivity contribution in [2.75, 3.05) is 13.1 Å². The van der Waals surface area contributed by atoms with Gasteiger partial charge in [0.25, 0.3) is 0 Å². The van der Waals surface area contributed by atoms with Gasteiger partial charge in [0.05, 0.1) is 5.56 Å². The van der Waals surface area contributed by atoms with E-state index in [9.17, 15) is 23.1 Å². The van der Waals surface area contributed by atoms with E-state index in [-0.39, 0.29) is 18.4 Å². The molecule has 0 aliphatic heterocycles. The summed E-state index contributed by atoms with van der Waals surface area (Å²) in [6.45, 7) is 4.88. The SMILES string of the molecule is CC1(C)CCc2sc(C3=C(CN(S)CCCC(F)(F)F)C=CC=CC3)c(C(=O)O)c2C1. The summed E-state index contributed by atoms with van der Waals surface area (Å²) >= 11 is 5.94. The third-order valence-corrected chi connectivity index (χ3v) is 7.44. The molecule has 0 amide bonds. The average Bonchev–Trinajstić information content (AvgIpc) is 2.84. The summed E-state index contributed by atoms with van der Waals surface area (Å²) in [5.41, 5.74) is 3.23. The summed E-state index contributed by atoms with van der Waals surface area (Å²) < 4.78 is 39.0. The van der Waals surface area contributed by atoms with Crippen LogP contribution in [0.1, 0.15) is 65.2 Å². The Morgan fingerprint density at radius 1 is 1.32 bits per heavy atom. The Balaban J connectivity index is 1.93. The molecule has 170 valence electrons. The lowest BCUT2D eigenvalue weighted by atomic mass is 9.75. The Labute approximate surface area is 190 Å². The zero-order valence-corrected chi connectivity index (χ0v) is 19.5. The molecule has 0 unspecified atom stereocenters. The molecular formula is C23H28F3NO2S2. The van der Waals surface area contributed by atoms with E-state index in [0.29, 0.717) is 18.5 Å². The predicted octanol–water partition coefficient (Wildman–Crippen LogP) is 6.72. The number of allylic oxidation sites excluding steroid dienone is 4. The summed E-state index contributed by atoms with van der Waals surface area (Å²) in [7, 11) is 0. The molecule has 31 heavy (non-hydrogen) atoms. The molecule has 1 aromatic heterocycles. The van der Waals surface area contributed by atoms with Crippen molar-refractivity contribution in [3.8, 4) is 0 Å². The quantitative estimate of drug-likeness (QED) is 0.434. The van der Waals surface area contributed by atoms with Crippen molar-refractivity contribution in [3.05, 3.63) is 50.8 Å². The number of nitrogens with zero attached hydrogens (tertiary/aromatic N) is 1. The molecule has 0 radical (unpaired) electrons. The van der Waals surface area contributed by atoms with Gasteiger partial charge >= 0.3 is 12.1 Å². The standard InChI is InChI=1S/C23H28F3NO2S2/c1-22(2)11-9-18-17(13-22)19(21(28)29)20(31-18)16-8-5-3-4-7-15(16)14-27(30)12-6-10-23(24,25)26/h3-5,7,30H,6,8-14H2,1-2H3,(H,28,29). The largest absolute Gasteiger partial charge is 0.478 e. The smallest absolute Gasteiger partial charge is 0.389 e. The molecule has 3 rings (SSSR count). The molecular weight excluding hydrogens is 443 g/mol. The van der Waals surface area contributed by atoms with E-state index in [4.69, 9.17) is 0 Å². The van der Waals surface area contributed by atoms with Crippen molar-refractivity contribution in [2.45, 2.75) is 58.5 Å². The minimum atomic E-state index is -4.18. The topological polar surface area (TPSA) is 40.5 Å². The van der Waals surface area contributed by atoms with Gasteiger partial charge in [-0.3, -0.25) is 0 Å². The summed E-state index contributed by atoms with van der Waals surface area (Å²) in [6.07, 6.45) is 5.87. The Kier molecular flexibility index (Phi) is 7.43. The van der Waals surface area contributed by atoms with Crippen LogP contribution in [-0.4, -0.2) is 34.6 Å². The van der Waals surface area contributed by atoms with Gasteiger partial charge < -0.3 is 5.11 Å². The Morgan fingerprint density at radius 2 is 2.06 bits per heavy atom. The predicted molar refractivity (Wildman–Crippen MR) is 123 cm³/mol. The van der Waals surface area contributed by atoms with E-state index in [2.05, 4.69) is 26.7 Å². The number of aryl methyl sites for hydroxylation is 1. The van der Waals surface area contributed by atoms with E-state index in [1.165, 1.54) is 0 Å². The fraction of sp³-hybridized carbons (Fsp3) is 0.522. The zero-order valence-electron chi connectivity index (χ0n) is 17.8. The van der Waals surface area contributed by atoms with Crippen LogP contribution >= 0.6 is 24.2 Å². The lowest BCUT2D eigenvalue weighted by molar-refractivity contribution is -0.135. The maximum Gasteiger partial charge on any atom is 0.389 e. The zero-order chi connectivity index (χ0) is 22.8. The van der Waals surface area contributed by atoms with Crippen LogP contribution in [0.4, 0.5) is 13.2 Å². The van der Waals surface area contributed by atoms with Gasteiger partial charge in [-0.25, -0.2) is 9.10 Å². The van der Waals surface area contributed by atoms with Gasteiger partial charge in [-0.05, 0) is 54.2 Å². The highest BCUT2D eigenvalue weighted by Crippen LogP contribution is 2.45. The highest BCUT2D eigenvalue weighted by Gasteiger charge is 2.34. The molecule has 0 aromatic carbocycles. The number of carbonyl (C=O) groups is 1. The number of rotatable bonds is 7. The number of carboxylic acid groups (broad SMARTS) is 1. The molecule has 2 aliphatic rings. The second-order valence-electron chi connectivity index (χ2n) is 8.96. The number of hydrogen-bond donors (Lipinski definition) is 2. The number of hydrogen-bond acceptors (Lipinski definition) is 4. The lowest BCUT2D eigenvalue weighted by Crippen LogP contribution is -2.22. The molecule has 0 saturated heterocycles. The molecule has 1 N–H and O–H groups in total. The van der Waals surface area contributed by atoms with Crippen molar-refractivity contribution in [3.63, 3.8) is 0 Å². The molecule has 8 heteroatoms. The van der Waals surface area contributed by atoms with Gasteiger partial charge in [-0.1, -0.05) is 51.0 Å². The fourth-order valence-electron chi connectivity index (χ4n) is 4.15. The molecule has 2 aliphatic carbocycles. The maximum atomic E-state index is 12.5. The van der Waals surface area contributed by atoms with Crippen molar-refractivity contribution in [1.29, 1.82) is 0 Å². The van der Waals surface area contributed by atoms with Crippen molar-refractivity contribution in [1.82, 2.24) is 4.31 Å². The number of aromatic carboxylic acids is 1. The van der Waals surface area contributed by atoms with Gasteiger partial charge in [-0.15, -0.1) is 11.3 Å². The first-order chi connectivity index (χ1) is 14.5. The van der Waals surface area contributed by atoms with Crippen LogP contribution in [0.15, 0.2) is 29.9 Å². The highest BCUT2D eigenvalue weighted by atomic mass is 32.1. The van der Waals surface area contributed by atoms with Gasteiger partial charge in [0, 0.05) is 29.3 Å².